The second-order valence-corrected chi connectivity index (χ2v) is 12.9. The number of halogens is 2. The van der Waals surface area contributed by atoms with Crippen LogP contribution in [0.25, 0.3) is 10.9 Å². The standard InChI is InChI=1S/C29H38F2N6O2S/c1-5-29(9-12-36(13-10-29)28(2,3)4)37-22-8-11-32-26(38)23(22)25(34-37)33-19-6-7-20(21(18-19)24(30)31)27(39)35-14-16-40-17-15-35/h6-8,11,18,24H,5,9-10,12-17H2,1-4H3,(H,32,38)(H,33,34). The molecule has 2 N–H and O–H groups in total. The summed E-state index contributed by atoms with van der Waals surface area (Å²) in [6, 6.07) is 6.21. The highest BCUT2D eigenvalue weighted by Crippen LogP contribution is 2.39. The van der Waals surface area contributed by atoms with Crippen molar-refractivity contribution in [1.82, 2.24) is 24.6 Å². The minimum absolute atomic E-state index is 0.0104. The molecule has 2 aliphatic rings. The smallest absolute Gasteiger partial charge is 0.264 e. The first kappa shape index (κ1) is 28.6. The van der Waals surface area contributed by atoms with E-state index in [1.165, 1.54) is 12.1 Å². The van der Waals surface area contributed by atoms with Gasteiger partial charge < -0.3 is 15.2 Å². The molecule has 3 aromatic rings. The first-order valence-electron chi connectivity index (χ1n) is 14.0. The number of carbonyl (C=O) groups excluding carboxylic acids is 1. The number of hydrogen-bond acceptors (Lipinski definition) is 6. The van der Waals surface area contributed by atoms with Gasteiger partial charge in [0.25, 0.3) is 17.9 Å². The van der Waals surface area contributed by atoms with E-state index in [9.17, 15) is 18.4 Å². The third-order valence-corrected chi connectivity index (χ3v) is 9.37. The van der Waals surface area contributed by atoms with Crippen molar-refractivity contribution in [3.8, 4) is 0 Å². The van der Waals surface area contributed by atoms with E-state index in [2.05, 4.69) is 42.9 Å². The predicted octanol–water partition coefficient (Wildman–Crippen LogP) is 5.59. The van der Waals surface area contributed by atoms with E-state index in [-0.39, 0.29) is 33.7 Å². The number of nitrogens with one attached hydrogen (secondary N) is 2. The molecule has 2 fully saturated rings. The van der Waals surface area contributed by atoms with E-state index in [1.54, 1.807) is 28.9 Å². The largest absolute Gasteiger partial charge is 0.338 e. The number of piperidine rings is 1. The second kappa shape index (κ2) is 11.2. The molecule has 40 heavy (non-hydrogen) atoms. The van der Waals surface area contributed by atoms with Crippen LogP contribution in [0.3, 0.4) is 0 Å². The molecule has 1 aromatic carbocycles. The Morgan fingerprint density at radius 1 is 1.15 bits per heavy atom. The Balaban J connectivity index is 1.50. The summed E-state index contributed by atoms with van der Waals surface area (Å²) < 4.78 is 30.3. The number of rotatable bonds is 6. The van der Waals surface area contributed by atoms with Gasteiger partial charge in [-0.05, 0) is 64.3 Å². The molecule has 8 nitrogen and oxygen atoms in total. The lowest BCUT2D eigenvalue weighted by Gasteiger charge is -2.46. The summed E-state index contributed by atoms with van der Waals surface area (Å²) >= 11 is 1.75. The fourth-order valence-electron chi connectivity index (χ4n) is 5.92. The van der Waals surface area contributed by atoms with Crippen LogP contribution in [0, 0.1) is 0 Å². The number of thioether (sulfide) groups is 1. The molecule has 4 heterocycles. The van der Waals surface area contributed by atoms with Crippen LogP contribution >= 0.6 is 11.8 Å². The Bertz CT molecular complexity index is 1430. The Labute approximate surface area is 237 Å². The van der Waals surface area contributed by atoms with Crippen molar-refractivity contribution >= 4 is 40.1 Å². The van der Waals surface area contributed by atoms with Crippen LogP contribution < -0.4 is 10.9 Å². The van der Waals surface area contributed by atoms with Gasteiger partial charge >= 0.3 is 0 Å². The zero-order chi connectivity index (χ0) is 28.7. The Morgan fingerprint density at radius 3 is 2.48 bits per heavy atom. The highest BCUT2D eigenvalue weighted by molar-refractivity contribution is 7.99. The van der Waals surface area contributed by atoms with Gasteiger partial charge in [-0.1, -0.05) is 6.92 Å². The monoisotopic (exact) mass is 572 g/mol. The highest BCUT2D eigenvalue weighted by atomic mass is 32.2. The minimum Gasteiger partial charge on any atom is -0.338 e. The van der Waals surface area contributed by atoms with Gasteiger partial charge in [0.15, 0.2) is 5.82 Å². The number of fused-ring (bicyclic) bond motifs is 1. The molecule has 1 amide bonds. The number of aromatic amines is 1. The van der Waals surface area contributed by atoms with Crippen molar-refractivity contribution in [1.29, 1.82) is 0 Å². The van der Waals surface area contributed by atoms with Crippen molar-refractivity contribution in [2.45, 2.75) is 64.5 Å². The van der Waals surface area contributed by atoms with Crippen LogP contribution in [0.2, 0.25) is 0 Å². The molecule has 0 saturated carbocycles. The first-order valence-corrected chi connectivity index (χ1v) is 15.1. The average Bonchev–Trinajstić information content (AvgIpc) is 3.32. The van der Waals surface area contributed by atoms with Crippen LogP contribution in [0.1, 0.15) is 69.3 Å². The number of carbonyl (C=O) groups is 1. The maximum Gasteiger partial charge on any atom is 0.264 e. The molecule has 0 bridgehead atoms. The van der Waals surface area contributed by atoms with Crippen LogP contribution in [0.5, 0.6) is 0 Å². The third-order valence-electron chi connectivity index (χ3n) is 8.43. The highest BCUT2D eigenvalue weighted by Gasteiger charge is 2.40. The number of nitrogens with zero attached hydrogens (tertiary/aromatic N) is 4. The van der Waals surface area contributed by atoms with Gasteiger partial charge in [-0.25, -0.2) is 8.78 Å². The second-order valence-electron chi connectivity index (χ2n) is 11.7. The molecule has 216 valence electrons. The van der Waals surface area contributed by atoms with Crippen molar-refractivity contribution in [3.63, 3.8) is 0 Å². The van der Waals surface area contributed by atoms with Crippen LogP contribution in [-0.2, 0) is 5.54 Å². The van der Waals surface area contributed by atoms with Gasteiger partial charge in [-0.3, -0.25) is 19.2 Å². The molecule has 0 unspecified atom stereocenters. The number of pyridine rings is 1. The lowest BCUT2D eigenvalue weighted by Crippen LogP contribution is -2.52. The van der Waals surface area contributed by atoms with Crippen molar-refractivity contribution in [3.05, 3.63) is 51.9 Å². The molecule has 11 heteroatoms. The number of aromatic nitrogens is 3. The van der Waals surface area contributed by atoms with E-state index >= 15 is 0 Å². The Hall–Kier alpha value is -2.92. The summed E-state index contributed by atoms with van der Waals surface area (Å²) in [5, 5.41) is 8.43. The zero-order valence-electron chi connectivity index (χ0n) is 23.6. The lowest BCUT2D eigenvalue weighted by molar-refractivity contribution is 0.0420. The van der Waals surface area contributed by atoms with Crippen LogP contribution in [-0.4, -0.2) is 73.7 Å². The van der Waals surface area contributed by atoms with E-state index in [0.29, 0.717) is 35.5 Å². The van der Waals surface area contributed by atoms with Crippen LogP contribution in [0.4, 0.5) is 20.3 Å². The molecule has 2 aromatic heterocycles. The predicted molar refractivity (Wildman–Crippen MR) is 157 cm³/mol. The van der Waals surface area contributed by atoms with Gasteiger partial charge in [0.2, 0.25) is 0 Å². The maximum atomic E-state index is 14.2. The molecule has 5 rings (SSSR count). The minimum atomic E-state index is -2.83. The quantitative estimate of drug-likeness (QED) is 0.400. The maximum absolute atomic E-state index is 14.2. The molecule has 0 spiro atoms. The van der Waals surface area contributed by atoms with Crippen LogP contribution in [0.15, 0.2) is 35.3 Å². The lowest BCUT2D eigenvalue weighted by atomic mass is 9.83. The molecule has 2 aliphatic heterocycles. The number of benzene rings is 1. The third kappa shape index (κ3) is 5.37. The molecule has 0 radical (unpaired) electrons. The number of anilines is 2. The average molecular weight is 573 g/mol. The first-order chi connectivity index (χ1) is 19.0. The van der Waals surface area contributed by atoms with Crippen molar-refractivity contribution in [2.24, 2.45) is 0 Å². The number of H-pyrrole nitrogens is 1. The normalized spacial score (nSPS) is 18.4. The zero-order valence-corrected chi connectivity index (χ0v) is 24.4. The van der Waals surface area contributed by atoms with Crippen molar-refractivity contribution in [2.75, 3.05) is 43.0 Å². The Kier molecular flexibility index (Phi) is 7.98. The number of hydrogen-bond donors (Lipinski definition) is 2. The van der Waals surface area contributed by atoms with E-state index in [4.69, 9.17) is 5.10 Å². The summed E-state index contributed by atoms with van der Waals surface area (Å²) in [4.78, 5) is 32.9. The van der Waals surface area contributed by atoms with Gasteiger partial charge in [0.1, 0.15) is 5.39 Å². The molecule has 0 atom stereocenters. The molecular formula is C29H38F2N6O2S. The molecule has 2 saturated heterocycles. The fraction of sp³-hybridized carbons (Fsp3) is 0.552. The van der Waals surface area contributed by atoms with Gasteiger partial charge in [-0.2, -0.15) is 16.9 Å². The summed E-state index contributed by atoms with van der Waals surface area (Å²) in [6.07, 6.45) is 1.40. The number of amides is 1. The summed E-state index contributed by atoms with van der Waals surface area (Å²) in [5.74, 6) is 1.54. The summed E-state index contributed by atoms with van der Waals surface area (Å²) in [7, 11) is 0. The van der Waals surface area contributed by atoms with Crippen molar-refractivity contribution < 1.29 is 13.6 Å². The number of alkyl halides is 2. The van der Waals surface area contributed by atoms with E-state index < -0.39 is 6.43 Å². The van der Waals surface area contributed by atoms with Gasteiger partial charge in [0.05, 0.1) is 11.1 Å². The van der Waals surface area contributed by atoms with Gasteiger partial charge in [-0.15, -0.1) is 0 Å². The Morgan fingerprint density at radius 2 is 1.85 bits per heavy atom. The number of likely N-dealkylation sites (tertiary alicyclic amines) is 1. The van der Waals surface area contributed by atoms with E-state index in [0.717, 1.165) is 43.9 Å². The van der Waals surface area contributed by atoms with E-state index in [1.807, 2.05) is 10.7 Å². The molecular weight excluding hydrogens is 534 g/mol. The SMILES string of the molecule is CCC1(n2nc(Nc3ccc(C(=O)N4CCSCC4)c(C(F)F)c3)c3c(=O)[nH]ccc32)CCN(C(C)(C)C)CC1. The molecule has 0 aliphatic carbocycles. The topological polar surface area (TPSA) is 86.3 Å². The van der Waals surface area contributed by atoms with Gasteiger partial charge in [0, 0.05) is 66.2 Å². The summed E-state index contributed by atoms with van der Waals surface area (Å²) in [6.45, 7) is 11.7. The fourth-order valence-corrected chi connectivity index (χ4v) is 6.83. The summed E-state index contributed by atoms with van der Waals surface area (Å²) in [5.41, 5.74) is 0.240.